The Bertz CT molecular complexity index is 413. The van der Waals surface area contributed by atoms with Crippen LogP contribution in [0.5, 0.6) is 0 Å². The van der Waals surface area contributed by atoms with Crippen molar-refractivity contribution in [3.8, 4) is 0 Å². The summed E-state index contributed by atoms with van der Waals surface area (Å²) in [6.07, 6.45) is 8.10. The second-order valence-electron chi connectivity index (χ2n) is 5.98. The van der Waals surface area contributed by atoms with Crippen molar-refractivity contribution in [2.24, 2.45) is 5.92 Å². The van der Waals surface area contributed by atoms with Crippen molar-refractivity contribution in [3.05, 3.63) is 35.4 Å². The van der Waals surface area contributed by atoms with Gasteiger partial charge >= 0.3 is 0 Å². The molecule has 1 aliphatic rings. The summed E-state index contributed by atoms with van der Waals surface area (Å²) in [6.45, 7) is 3.10. The van der Waals surface area contributed by atoms with Crippen molar-refractivity contribution in [2.75, 3.05) is 6.54 Å². The summed E-state index contributed by atoms with van der Waals surface area (Å²) < 4.78 is 26.7. The fourth-order valence-electron chi connectivity index (χ4n) is 3.19. The van der Waals surface area contributed by atoms with Crippen LogP contribution >= 0.6 is 0 Å². The van der Waals surface area contributed by atoms with E-state index in [2.05, 4.69) is 12.2 Å². The van der Waals surface area contributed by atoms with Gasteiger partial charge in [0.2, 0.25) is 0 Å². The monoisotopic (exact) mass is 281 g/mol. The van der Waals surface area contributed by atoms with Gasteiger partial charge in [-0.1, -0.05) is 38.7 Å². The molecule has 0 heterocycles. The lowest BCUT2D eigenvalue weighted by Gasteiger charge is -2.22. The van der Waals surface area contributed by atoms with Gasteiger partial charge in [0.05, 0.1) is 0 Å². The van der Waals surface area contributed by atoms with Crippen molar-refractivity contribution in [1.82, 2.24) is 5.32 Å². The maximum atomic E-state index is 13.8. The van der Waals surface area contributed by atoms with Crippen LogP contribution in [0.4, 0.5) is 8.78 Å². The first-order chi connectivity index (χ1) is 9.69. The highest BCUT2D eigenvalue weighted by Gasteiger charge is 2.21. The Hall–Kier alpha value is -0.960. The van der Waals surface area contributed by atoms with E-state index in [4.69, 9.17) is 0 Å². The molecule has 0 bridgehead atoms. The third-order valence-electron chi connectivity index (χ3n) is 4.26. The van der Waals surface area contributed by atoms with Gasteiger partial charge in [0, 0.05) is 12.1 Å². The van der Waals surface area contributed by atoms with E-state index in [0.717, 1.165) is 31.4 Å². The van der Waals surface area contributed by atoms with Crippen molar-refractivity contribution in [1.29, 1.82) is 0 Å². The average Bonchev–Trinajstić information content (AvgIpc) is 2.92. The number of halogens is 2. The van der Waals surface area contributed by atoms with Gasteiger partial charge in [-0.2, -0.15) is 0 Å². The molecule has 0 spiro atoms. The molecule has 0 radical (unpaired) electrons. The van der Waals surface area contributed by atoms with Crippen LogP contribution in [-0.2, 0) is 6.42 Å². The van der Waals surface area contributed by atoms with Crippen LogP contribution in [0, 0.1) is 17.6 Å². The van der Waals surface area contributed by atoms with Gasteiger partial charge in [-0.05, 0) is 43.4 Å². The number of nitrogens with one attached hydrogen (secondary N) is 1. The quantitative estimate of drug-likeness (QED) is 0.778. The lowest BCUT2D eigenvalue weighted by Crippen LogP contribution is -2.33. The van der Waals surface area contributed by atoms with Crippen LogP contribution in [0.1, 0.15) is 51.0 Å². The molecule has 1 atom stereocenters. The summed E-state index contributed by atoms with van der Waals surface area (Å²) >= 11 is 0. The lowest BCUT2D eigenvalue weighted by atomic mass is 9.93. The van der Waals surface area contributed by atoms with E-state index >= 15 is 0 Å². The van der Waals surface area contributed by atoms with Gasteiger partial charge < -0.3 is 5.32 Å². The molecule has 1 saturated carbocycles. The van der Waals surface area contributed by atoms with Crippen LogP contribution in [-0.4, -0.2) is 12.6 Å². The first kappa shape index (κ1) is 15.4. The van der Waals surface area contributed by atoms with E-state index < -0.39 is 11.6 Å². The zero-order valence-corrected chi connectivity index (χ0v) is 12.3. The van der Waals surface area contributed by atoms with E-state index in [1.165, 1.54) is 31.7 Å². The molecule has 0 saturated heterocycles. The Balaban J connectivity index is 1.97. The summed E-state index contributed by atoms with van der Waals surface area (Å²) in [5, 5.41) is 3.53. The Morgan fingerprint density at radius 3 is 2.65 bits per heavy atom. The molecule has 2 rings (SSSR count). The molecule has 1 N–H and O–H groups in total. The number of rotatable bonds is 7. The fourth-order valence-corrected chi connectivity index (χ4v) is 3.19. The number of hydrogen-bond acceptors (Lipinski definition) is 1. The normalized spacial score (nSPS) is 17.6. The van der Waals surface area contributed by atoms with Gasteiger partial charge in [-0.3, -0.25) is 0 Å². The first-order valence-electron chi connectivity index (χ1n) is 7.86. The van der Waals surface area contributed by atoms with E-state index in [-0.39, 0.29) is 0 Å². The SMILES string of the molecule is CCCNC(Cc1ccc(F)cc1F)CC1CCCC1. The Labute approximate surface area is 120 Å². The summed E-state index contributed by atoms with van der Waals surface area (Å²) in [5.74, 6) is -0.146. The maximum Gasteiger partial charge on any atom is 0.129 e. The molecule has 112 valence electrons. The Morgan fingerprint density at radius 1 is 1.25 bits per heavy atom. The smallest absolute Gasteiger partial charge is 0.129 e. The predicted molar refractivity (Wildman–Crippen MR) is 78.7 cm³/mol. The predicted octanol–water partition coefficient (Wildman–Crippen LogP) is 4.46. The molecule has 0 amide bonds. The fraction of sp³-hybridized carbons (Fsp3) is 0.647. The third kappa shape index (κ3) is 4.55. The van der Waals surface area contributed by atoms with Crippen LogP contribution in [0.3, 0.4) is 0 Å². The average molecular weight is 281 g/mol. The molecule has 0 aliphatic heterocycles. The van der Waals surface area contributed by atoms with Crippen molar-refractivity contribution in [3.63, 3.8) is 0 Å². The number of hydrogen-bond donors (Lipinski definition) is 1. The number of benzene rings is 1. The van der Waals surface area contributed by atoms with Crippen molar-refractivity contribution >= 4 is 0 Å². The molecule has 1 nitrogen and oxygen atoms in total. The van der Waals surface area contributed by atoms with E-state index in [1.807, 2.05) is 0 Å². The molecule has 3 heteroatoms. The summed E-state index contributed by atoms with van der Waals surface area (Å²) in [5.41, 5.74) is 0.623. The minimum atomic E-state index is -0.500. The Kier molecular flexibility index (Phi) is 5.96. The van der Waals surface area contributed by atoms with E-state index in [0.29, 0.717) is 18.0 Å². The molecule has 20 heavy (non-hydrogen) atoms. The van der Waals surface area contributed by atoms with Crippen LogP contribution in [0.15, 0.2) is 18.2 Å². The first-order valence-corrected chi connectivity index (χ1v) is 7.86. The van der Waals surface area contributed by atoms with Crippen molar-refractivity contribution in [2.45, 2.75) is 57.9 Å². The largest absolute Gasteiger partial charge is 0.314 e. The zero-order valence-electron chi connectivity index (χ0n) is 12.3. The second kappa shape index (κ2) is 7.72. The molecule has 1 aromatic carbocycles. The molecule has 1 aromatic rings. The van der Waals surface area contributed by atoms with E-state index in [9.17, 15) is 8.78 Å². The second-order valence-corrected chi connectivity index (χ2v) is 5.98. The maximum absolute atomic E-state index is 13.8. The molecule has 0 aromatic heterocycles. The molecular weight excluding hydrogens is 256 g/mol. The van der Waals surface area contributed by atoms with Crippen LogP contribution in [0.25, 0.3) is 0 Å². The van der Waals surface area contributed by atoms with Gasteiger partial charge in [0.15, 0.2) is 0 Å². The minimum Gasteiger partial charge on any atom is -0.314 e. The summed E-state index contributed by atoms with van der Waals surface area (Å²) in [4.78, 5) is 0. The third-order valence-corrected chi connectivity index (χ3v) is 4.26. The minimum absolute atomic E-state index is 0.304. The van der Waals surface area contributed by atoms with Gasteiger partial charge in [0.25, 0.3) is 0 Å². The topological polar surface area (TPSA) is 12.0 Å². The van der Waals surface area contributed by atoms with Gasteiger partial charge in [0.1, 0.15) is 11.6 Å². The molecule has 1 unspecified atom stereocenters. The molecular formula is C17H25F2N. The highest BCUT2D eigenvalue weighted by atomic mass is 19.1. The van der Waals surface area contributed by atoms with Crippen molar-refractivity contribution < 1.29 is 8.78 Å². The zero-order chi connectivity index (χ0) is 14.4. The van der Waals surface area contributed by atoms with Crippen LogP contribution < -0.4 is 5.32 Å². The van der Waals surface area contributed by atoms with E-state index in [1.54, 1.807) is 6.07 Å². The Morgan fingerprint density at radius 2 is 2.00 bits per heavy atom. The molecule has 1 fully saturated rings. The highest BCUT2D eigenvalue weighted by Crippen LogP contribution is 2.29. The molecule has 1 aliphatic carbocycles. The van der Waals surface area contributed by atoms with Gasteiger partial charge in [-0.25, -0.2) is 8.78 Å². The summed E-state index contributed by atoms with van der Waals surface area (Å²) in [6, 6.07) is 4.23. The highest BCUT2D eigenvalue weighted by molar-refractivity contribution is 5.19. The lowest BCUT2D eigenvalue weighted by molar-refractivity contribution is 0.381. The van der Waals surface area contributed by atoms with Gasteiger partial charge in [-0.15, -0.1) is 0 Å². The summed E-state index contributed by atoms with van der Waals surface area (Å²) in [7, 11) is 0. The standard InChI is InChI=1S/C17H25F2N/c1-2-9-20-16(10-13-5-3-4-6-13)11-14-7-8-15(18)12-17(14)19/h7-8,12-13,16,20H,2-6,9-11H2,1H3. The van der Waals surface area contributed by atoms with Crippen LogP contribution in [0.2, 0.25) is 0 Å².